The van der Waals surface area contributed by atoms with Crippen LogP contribution in [-0.4, -0.2) is 140 Å². The monoisotopic (exact) mass is 1140 g/mol. The van der Waals surface area contributed by atoms with E-state index in [0.29, 0.717) is 41.5 Å². The van der Waals surface area contributed by atoms with Crippen molar-refractivity contribution in [3.8, 4) is 11.5 Å². The van der Waals surface area contributed by atoms with Gasteiger partial charge in [0, 0.05) is 69.1 Å². The third kappa shape index (κ3) is 19.3. The Kier molecular flexibility index (Phi) is 28.3. The maximum Gasteiger partial charge on any atom is 0.405 e. The third-order valence-electron chi connectivity index (χ3n) is 13.9. The number of benzene rings is 1. The summed E-state index contributed by atoms with van der Waals surface area (Å²) in [7, 11) is 7.16. The number of quaternary nitrogens is 1. The number of nitrogens with one attached hydrogen (secondary N) is 2. The van der Waals surface area contributed by atoms with Crippen molar-refractivity contribution in [1.29, 1.82) is 0 Å². The fourth-order valence-corrected chi connectivity index (χ4v) is 9.45. The Morgan fingerprint density at radius 3 is 1.52 bits per heavy atom. The van der Waals surface area contributed by atoms with E-state index in [1.165, 1.54) is 60.7 Å². The largest absolute Gasteiger partial charge is 1.00 e. The van der Waals surface area contributed by atoms with Crippen molar-refractivity contribution in [1.82, 2.24) is 5.32 Å². The zero-order valence-electron chi connectivity index (χ0n) is 47.9. The highest BCUT2D eigenvalue weighted by Gasteiger charge is 2.35. The summed E-state index contributed by atoms with van der Waals surface area (Å²) in [5.41, 5.74) is 16.9. The molecule has 0 aromatic heterocycles. The molecule has 23 heteroatoms. The normalized spacial score (nSPS) is 31.4. The Bertz CT molecular complexity index is 2640. The number of aliphatic hydroxyl groups excluding tert-OH is 2. The number of phenolic OH excluding ortho intramolecular Hbond substituents is 2. The van der Waals surface area contributed by atoms with Gasteiger partial charge in [0.1, 0.15) is 18.0 Å². The molecule has 2 heterocycles. The lowest BCUT2D eigenvalue weighted by Crippen LogP contribution is -3.00. The zero-order valence-corrected chi connectivity index (χ0v) is 48.6. The quantitative estimate of drug-likeness (QED) is 0.0814. The number of fused-ring (bicyclic) bond motifs is 4. The van der Waals surface area contributed by atoms with Crippen LogP contribution in [0.3, 0.4) is 0 Å². The smallest absolute Gasteiger partial charge is 0.405 e. The van der Waals surface area contributed by atoms with Gasteiger partial charge in [-0.3, -0.25) is 19.2 Å². The Hall–Kier alpha value is -6.63. The summed E-state index contributed by atoms with van der Waals surface area (Å²) in [4.78, 5) is 75.1. The van der Waals surface area contributed by atoms with Crippen molar-refractivity contribution in [3.63, 3.8) is 0 Å². The first-order valence-electron chi connectivity index (χ1n) is 25.7. The van der Waals surface area contributed by atoms with Crippen LogP contribution in [0.2, 0.25) is 0 Å². The minimum absolute atomic E-state index is 0. The number of primary amides is 2. The van der Waals surface area contributed by atoms with Crippen molar-refractivity contribution < 1.29 is 100 Å². The number of anilines is 1. The number of allylic oxidation sites excluding steroid dienone is 6. The highest BCUT2D eigenvalue weighted by Crippen LogP contribution is 2.40. The molecular weight excluding hydrogens is 1060 g/mol. The summed E-state index contributed by atoms with van der Waals surface area (Å²) in [6, 6.07) is 1.25. The molecule has 444 valence electrons. The molecule has 22 nitrogen and oxygen atoms in total. The van der Waals surface area contributed by atoms with Crippen LogP contribution in [0, 0.1) is 23.7 Å². The van der Waals surface area contributed by atoms with Gasteiger partial charge < -0.3 is 93.8 Å². The van der Waals surface area contributed by atoms with Crippen LogP contribution < -0.4 is 40.2 Å². The molecule has 4 bridgehead atoms. The number of aromatic hydroxyl groups is 2. The van der Waals surface area contributed by atoms with Crippen molar-refractivity contribution >= 4 is 46.9 Å². The van der Waals surface area contributed by atoms with Crippen molar-refractivity contribution in [2.45, 2.75) is 130 Å². The maximum atomic E-state index is 13.3. The van der Waals surface area contributed by atoms with E-state index < -0.39 is 96.2 Å². The van der Waals surface area contributed by atoms with E-state index in [2.05, 4.69) is 16.4 Å². The summed E-state index contributed by atoms with van der Waals surface area (Å²) in [6.45, 7) is 14.0. The number of aliphatic hydroxyl groups is 2. The number of carbonyl (C=O) groups excluding carboxylic acids is 6. The number of phenols is 2. The van der Waals surface area contributed by atoms with E-state index in [0.717, 1.165) is 6.08 Å². The summed E-state index contributed by atoms with van der Waals surface area (Å²) in [6.07, 6.45) is 6.70. The second-order valence-electron chi connectivity index (χ2n) is 20.2. The van der Waals surface area contributed by atoms with Gasteiger partial charge in [-0.2, -0.15) is 0 Å². The maximum absolute atomic E-state index is 13.3. The fourth-order valence-electron chi connectivity index (χ4n) is 9.45. The third-order valence-corrected chi connectivity index (χ3v) is 13.9. The van der Waals surface area contributed by atoms with Crippen LogP contribution >= 0.6 is 0 Å². The molecule has 1 aliphatic carbocycles. The predicted molar refractivity (Wildman–Crippen MR) is 293 cm³/mol. The van der Waals surface area contributed by atoms with E-state index in [4.69, 9.17) is 44.6 Å². The number of hydrogen-bond acceptors (Lipinski definition) is 17. The van der Waals surface area contributed by atoms with E-state index in [-0.39, 0.29) is 76.1 Å². The second kappa shape index (κ2) is 32.6. The second-order valence-corrected chi connectivity index (χ2v) is 20.2. The minimum atomic E-state index is -1.00. The highest BCUT2D eigenvalue weighted by atomic mass is 35.5. The van der Waals surface area contributed by atoms with E-state index in [1.807, 2.05) is 20.8 Å². The highest BCUT2D eigenvalue weighted by molar-refractivity contribution is 6.23. The van der Waals surface area contributed by atoms with Gasteiger partial charge in [0.15, 0.2) is 29.4 Å². The molecule has 13 N–H and O–H groups in total. The fraction of sp³-hybridized carbons (Fsp3) is 0.509. The number of nitrogens with two attached hydrogens (primary N) is 2. The Morgan fingerprint density at radius 2 is 1.11 bits per heavy atom. The molecule has 0 fully saturated rings. The lowest BCUT2D eigenvalue weighted by molar-refractivity contribution is -0.257. The molecule has 0 saturated heterocycles. The first-order chi connectivity index (χ1) is 37.1. The van der Waals surface area contributed by atoms with E-state index >= 15 is 0 Å². The van der Waals surface area contributed by atoms with Gasteiger partial charge in [-0.1, -0.05) is 76.3 Å². The lowest BCUT2D eigenvalue weighted by atomic mass is 9.85. The van der Waals surface area contributed by atoms with E-state index in [9.17, 15) is 49.2 Å². The molecule has 1 aromatic rings. The Balaban J connectivity index is 0.000000540. The molecule has 4 rings (SSSR count). The van der Waals surface area contributed by atoms with Gasteiger partial charge in [0.2, 0.25) is 11.6 Å². The lowest BCUT2D eigenvalue weighted by Gasteiger charge is -2.29. The number of ether oxygens (including phenoxy) is 7. The molecule has 0 unspecified atom stereocenters. The summed E-state index contributed by atoms with van der Waals surface area (Å²) in [5.74, 6) is -3.77. The van der Waals surface area contributed by atoms with Crippen LogP contribution in [0.25, 0.3) is 0 Å². The van der Waals surface area contributed by atoms with Crippen LogP contribution in [0.15, 0.2) is 100 Å². The average molecular weight is 1140 g/mol. The number of hydrogen-bond donors (Lipinski definition) is 9. The van der Waals surface area contributed by atoms with Gasteiger partial charge in [-0.25, -0.2) is 9.59 Å². The van der Waals surface area contributed by atoms with Crippen molar-refractivity contribution in [3.05, 3.63) is 106 Å². The average Bonchev–Trinajstić information content (AvgIpc) is 3.39. The number of rotatable bonds is 7. The first-order valence-corrected chi connectivity index (χ1v) is 25.7. The molecule has 1 aromatic carbocycles. The number of amides is 4. The molecule has 0 radical (unpaired) electrons. The van der Waals surface area contributed by atoms with Crippen molar-refractivity contribution in [2.75, 3.05) is 40.9 Å². The Morgan fingerprint density at radius 1 is 0.675 bits per heavy atom. The van der Waals surface area contributed by atoms with Gasteiger partial charge in [-0.15, -0.1) is 0 Å². The molecule has 80 heavy (non-hydrogen) atoms. The van der Waals surface area contributed by atoms with Crippen molar-refractivity contribution in [2.24, 2.45) is 35.1 Å². The summed E-state index contributed by atoms with van der Waals surface area (Å²) >= 11 is 0. The van der Waals surface area contributed by atoms with Gasteiger partial charge in [0.05, 0.1) is 48.5 Å². The summed E-state index contributed by atoms with van der Waals surface area (Å²) in [5, 5.41) is 48.9. The topological polar surface area (TPSA) is 352 Å². The first kappa shape index (κ1) is 69.5. The molecular formula is C57H82ClN5O17. The number of Topliss-reactive ketones (excluding diaryl/α,β-unsaturated/α-hetero) is 1. The van der Waals surface area contributed by atoms with Crippen LogP contribution in [-0.2, 0) is 58.8 Å². The molecule has 3 aliphatic rings. The van der Waals surface area contributed by atoms with Crippen LogP contribution in [0.5, 0.6) is 11.5 Å². The number of methoxy groups -OCH3 is 5. The predicted octanol–water partition coefficient (Wildman–Crippen LogP) is 1.84. The molecule has 12 atom stereocenters. The number of ketones is 2. The minimum Gasteiger partial charge on any atom is -1.00 e. The number of halogens is 1. The van der Waals surface area contributed by atoms with E-state index in [1.54, 1.807) is 64.2 Å². The SMILES string of the molecule is COC1=C2C[C@@H](C)C[C@H](OC)[C@H](O)[C@@H](C)/C=C(\C)[C@H](OC(N)=O)[C@@H](OC)/C=C\C=C(/C)C(=O)NC(=CC1=O)C2=O.CO[C@H]1/C=C\C=C(/C)C(=O)Nc2cc(O)c([NH3+])c(c2O)C[C@@H](C)C[C@H](OC)[C@H](O)[C@@H](C)/C=C(\C)[C@@H]1OC(N)=O.[Cl-]. The van der Waals surface area contributed by atoms with Gasteiger partial charge >= 0.3 is 12.2 Å². The van der Waals surface area contributed by atoms with Gasteiger partial charge in [-0.05, 0) is 76.4 Å². The van der Waals surface area contributed by atoms with Gasteiger partial charge in [0.25, 0.3) is 11.8 Å². The summed E-state index contributed by atoms with van der Waals surface area (Å²) < 4.78 is 38.2. The van der Waals surface area contributed by atoms with Crippen LogP contribution in [0.4, 0.5) is 21.0 Å². The Labute approximate surface area is 474 Å². The standard InChI is InChI=1S/C29H40N2O9.C28H41N3O8.ClH/c1-15-11-19-25(34)20(14-21(32)27(19)39-7)31-28(35)16(2)9-8-10-22(37-5)26(40-29(30)36)18(4)13-17(3)24(33)23(12-15)38-6;1-14-10-18-23(29)20(32)13-19(25(18)34)31-27(35)15(2)8-7-9-21(37-5)26(39-28(30)36)17(4)12-16(3)24(33)22(11-14)38-6;/h8-10,13-15,17,22-24,26,33H,11-12H2,1-7H3,(H2,30,36)(H,31,35);7-9,12-14,16,21-22,24,26,32-34H,10-11,29H2,1-6H3,(H2,30,36)(H,31,35);1H/b10-8-,16-9+,18-13+;9-7-,15-8+,17-12+;/t15-,17+,22+,23+,24-,26+;14-,16+,21+,22+,24-,26+;/m11./s1. The molecule has 2 aliphatic heterocycles. The zero-order chi connectivity index (χ0) is 59.6. The molecule has 4 amide bonds. The molecule has 0 spiro atoms. The molecule has 0 saturated carbocycles. The van der Waals surface area contributed by atoms with Crippen LogP contribution in [0.1, 0.15) is 80.2 Å². The number of carbonyl (C=O) groups is 6.